The Morgan fingerprint density at radius 2 is 2.19 bits per heavy atom. The van der Waals surface area contributed by atoms with Crippen LogP contribution in [0.25, 0.3) is 0 Å². The van der Waals surface area contributed by atoms with Crippen LogP contribution in [-0.2, 0) is 16.0 Å². The second-order valence-corrected chi connectivity index (χ2v) is 6.25. The number of nitrogens with one attached hydrogen (secondary N) is 1. The minimum absolute atomic E-state index is 0. The van der Waals surface area contributed by atoms with E-state index in [2.05, 4.69) is 22.1 Å². The lowest BCUT2D eigenvalue weighted by Gasteiger charge is -2.37. The van der Waals surface area contributed by atoms with Crippen LogP contribution in [-0.4, -0.2) is 68.0 Å². The smallest absolute Gasteiger partial charge is 0.213 e. The van der Waals surface area contributed by atoms with Crippen LogP contribution in [0.1, 0.15) is 25.5 Å². The maximum absolute atomic E-state index is 5.94. The molecule has 3 rings (SSSR count). The summed E-state index contributed by atoms with van der Waals surface area (Å²) < 4.78 is 16.9. The number of pyridine rings is 1. The van der Waals surface area contributed by atoms with Gasteiger partial charge in [-0.2, -0.15) is 0 Å². The van der Waals surface area contributed by atoms with E-state index in [-0.39, 0.29) is 36.2 Å². The Hall–Kier alpha value is -1.13. The van der Waals surface area contributed by atoms with E-state index < -0.39 is 0 Å². The Labute approximate surface area is 172 Å². The van der Waals surface area contributed by atoms with Gasteiger partial charge in [-0.3, -0.25) is 0 Å². The Kier molecular flexibility index (Phi) is 8.86. The molecule has 2 aliphatic heterocycles. The molecule has 7 nitrogen and oxygen atoms in total. The molecule has 0 aliphatic carbocycles. The fraction of sp³-hybridized carbons (Fsp3) is 0.667. The number of ether oxygens (including phenoxy) is 3. The summed E-state index contributed by atoms with van der Waals surface area (Å²) in [5, 5.41) is 3.38. The van der Waals surface area contributed by atoms with Gasteiger partial charge in [0.05, 0.1) is 32.1 Å². The third-order valence-electron chi connectivity index (χ3n) is 4.49. The summed E-state index contributed by atoms with van der Waals surface area (Å²) in [6.45, 7) is 6.61. The van der Waals surface area contributed by atoms with E-state index in [0.29, 0.717) is 19.0 Å². The number of morpholine rings is 1. The van der Waals surface area contributed by atoms with E-state index in [1.165, 1.54) is 0 Å². The van der Waals surface area contributed by atoms with Crippen LogP contribution >= 0.6 is 24.0 Å². The topological polar surface area (TPSA) is 68.2 Å². The first-order valence-electron chi connectivity index (χ1n) is 9.06. The summed E-state index contributed by atoms with van der Waals surface area (Å²) in [6, 6.07) is 5.74. The summed E-state index contributed by atoms with van der Waals surface area (Å²) >= 11 is 0. The zero-order valence-electron chi connectivity index (χ0n) is 15.5. The van der Waals surface area contributed by atoms with Crippen LogP contribution in [0.15, 0.2) is 23.2 Å². The maximum atomic E-state index is 5.94. The molecule has 2 saturated heterocycles. The highest BCUT2D eigenvalue weighted by molar-refractivity contribution is 14.0. The van der Waals surface area contributed by atoms with Crippen LogP contribution in [0.2, 0.25) is 0 Å². The number of hydrogen-bond acceptors (Lipinski definition) is 5. The van der Waals surface area contributed by atoms with Gasteiger partial charge in [0, 0.05) is 32.3 Å². The molecule has 0 saturated carbocycles. The molecular weight excluding hydrogens is 447 g/mol. The van der Waals surface area contributed by atoms with Gasteiger partial charge >= 0.3 is 0 Å². The lowest BCUT2D eigenvalue weighted by atomic mass is 10.1. The molecule has 3 heterocycles. The monoisotopic (exact) mass is 476 g/mol. The molecule has 0 amide bonds. The zero-order valence-corrected chi connectivity index (χ0v) is 17.8. The first-order valence-corrected chi connectivity index (χ1v) is 9.06. The van der Waals surface area contributed by atoms with Crippen molar-refractivity contribution >= 4 is 29.9 Å². The number of guanidine groups is 1. The summed E-state index contributed by atoms with van der Waals surface area (Å²) in [5.41, 5.74) is 0.888. The van der Waals surface area contributed by atoms with Crippen LogP contribution in [0.5, 0.6) is 5.88 Å². The third-order valence-corrected chi connectivity index (χ3v) is 4.49. The van der Waals surface area contributed by atoms with Crippen LogP contribution in [0, 0.1) is 0 Å². The Bertz CT molecular complexity index is 581. The molecule has 0 bridgehead atoms. The molecular formula is C18H29IN4O3. The van der Waals surface area contributed by atoms with Crippen molar-refractivity contribution in [3.63, 3.8) is 0 Å². The molecule has 0 spiro atoms. The molecule has 146 valence electrons. The first-order chi connectivity index (χ1) is 12.3. The number of halogens is 1. The average molecular weight is 476 g/mol. The van der Waals surface area contributed by atoms with Crippen molar-refractivity contribution in [1.82, 2.24) is 15.2 Å². The van der Waals surface area contributed by atoms with Gasteiger partial charge in [0.2, 0.25) is 5.88 Å². The fourth-order valence-electron chi connectivity index (χ4n) is 3.23. The molecule has 1 aromatic rings. The molecule has 2 aliphatic rings. The van der Waals surface area contributed by atoms with Crippen molar-refractivity contribution in [1.29, 1.82) is 0 Å². The quantitative estimate of drug-likeness (QED) is 0.399. The number of aliphatic imine (C=N–C) groups is 1. The summed E-state index contributed by atoms with van der Waals surface area (Å²) in [6.07, 6.45) is 2.54. The van der Waals surface area contributed by atoms with E-state index >= 15 is 0 Å². The van der Waals surface area contributed by atoms with Gasteiger partial charge in [0.15, 0.2) is 5.96 Å². The van der Waals surface area contributed by atoms with Gasteiger partial charge in [-0.25, -0.2) is 9.98 Å². The van der Waals surface area contributed by atoms with E-state index in [1.807, 2.05) is 18.2 Å². The molecule has 1 N–H and O–H groups in total. The highest BCUT2D eigenvalue weighted by Crippen LogP contribution is 2.21. The molecule has 0 radical (unpaired) electrons. The Morgan fingerprint density at radius 3 is 2.92 bits per heavy atom. The van der Waals surface area contributed by atoms with Gasteiger partial charge in [-0.15, -0.1) is 24.0 Å². The minimum atomic E-state index is 0. The lowest BCUT2D eigenvalue weighted by molar-refractivity contribution is -0.0817. The van der Waals surface area contributed by atoms with E-state index in [9.17, 15) is 0 Å². The van der Waals surface area contributed by atoms with Crippen molar-refractivity contribution in [3.05, 3.63) is 23.9 Å². The van der Waals surface area contributed by atoms with Gasteiger partial charge in [0.25, 0.3) is 0 Å². The SMILES string of the molecule is CCNC(=NCc1cccc(OC)n1)N1CCOC(C2CCCO2)C1.I. The molecule has 26 heavy (non-hydrogen) atoms. The summed E-state index contributed by atoms with van der Waals surface area (Å²) in [4.78, 5) is 11.5. The van der Waals surface area contributed by atoms with E-state index in [1.54, 1.807) is 7.11 Å². The second-order valence-electron chi connectivity index (χ2n) is 6.25. The van der Waals surface area contributed by atoms with Crippen LogP contribution in [0.3, 0.4) is 0 Å². The molecule has 2 unspecified atom stereocenters. The minimum Gasteiger partial charge on any atom is -0.481 e. The van der Waals surface area contributed by atoms with Crippen LogP contribution in [0.4, 0.5) is 0 Å². The van der Waals surface area contributed by atoms with Crippen molar-refractivity contribution in [2.45, 2.75) is 38.5 Å². The normalized spacial score (nSPS) is 23.5. The predicted molar refractivity (Wildman–Crippen MR) is 111 cm³/mol. The number of rotatable bonds is 5. The highest BCUT2D eigenvalue weighted by atomic mass is 127. The van der Waals surface area contributed by atoms with Crippen molar-refractivity contribution < 1.29 is 14.2 Å². The van der Waals surface area contributed by atoms with Crippen molar-refractivity contribution in [3.8, 4) is 5.88 Å². The second kappa shape index (κ2) is 10.9. The zero-order chi connectivity index (χ0) is 17.5. The van der Waals surface area contributed by atoms with Crippen molar-refractivity contribution in [2.24, 2.45) is 4.99 Å². The van der Waals surface area contributed by atoms with Gasteiger partial charge in [0.1, 0.15) is 6.10 Å². The van der Waals surface area contributed by atoms with Gasteiger partial charge in [-0.1, -0.05) is 6.07 Å². The lowest BCUT2D eigenvalue weighted by Crippen LogP contribution is -2.53. The largest absolute Gasteiger partial charge is 0.481 e. The standard InChI is InChI=1S/C18H28N4O3.HI/c1-3-19-18(20-12-14-6-4-8-17(21-14)23-2)22-9-11-25-16(13-22)15-7-5-10-24-15;/h4,6,8,15-16H,3,5,7,9-13H2,1-2H3,(H,19,20);1H. The summed E-state index contributed by atoms with van der Waals surface area (Å²) in [7, 11) is 1.62. The maximum Gasteiger partial charge on any atom is 0.213 e. The first kappa shape index (κ1) is 21.2. The average Bonchev–Trinajstić information content (AvgIpc) is 3.20. The molecule has 1 aromatic heterocycles. The molecule has 8 heteroatoms. The Balaban J connectivity index is 0.00000243. The molecule has 0 aromatic carbocycles. The Morgan fingerprint density at radius 1 is 1.35 bits per heavy atom. The summed E-state index contributed by atoms with van der Waals surface area (Å²) in [5.74, 6) is 1.51. The number of methoxy groups -OCH3 is 1. The number of aromatic nitrogens is 1. The van der Waals surface area contributed by atoms with Crippen molar-refractivity contribution in [2.75, 3.05) is 40.0 Å². The molecule has 2 atom stereocenters. The molecule has 2 fully saturated rings. The third kappa shape index (κ3) is 5.68. The number of nitrogens with zero attached hydrogens (tertiary/aromatic N) is 3. The predicted octanol–water partition coefficient (Wildman–Crippen LogP) is 2.05. The fourth-order valence-corrected chi connectivity index (χ4v) is 3.23. The van der Waals surface area contributed by atoms with E-state index in [4.69, 9.17) is 19.2 Å². The van der Waals surface area contributed by atoms with Gasteiger partial charge in [-0.05, 0) is 25.8 Å². The van der Waals surface area contributed by atoms with E-state index in [0.717, 1.165) is 50.7 Å². The van der Waals surface area contributed by atoms with Crippen LogP contribution < -0.4 is 10.1 Å². The van der Waals surface area contributed by atoms with Gasteiger partial charge < -0.3 is 24.4 Å². The number of hydrogen-bond donors (Lipinski definition) is 1. The highest BCUT2D eigenvalue weighted by Gasteiger charge is 2.32.